The zero-order valence-electron chi connectivity index (χ0n) is 21.2. The number of anilines is 2. The minimum absolute atomic E-state index is 0.183. The molecule has 3 aromatic carbocycles. The van der Waals surface area contributed by atoms with E-state index < -0.39 is 6.04 Å². The highest BCUT2D eigenvalue weighted by molar-refractivity contribution is 6.10. The first-order chi connectivity index (χ1) is 17.8. The molecule has 37 heavy (non-hydrogen) atoms. The molecule has 2 unspecified atom stereocenters. The van der Waals surface area contributed by atoms with Crippen LogP contribution in [-0.2, 0) is 4.79 Å². The number of piperidine rings is 1. The van der Waals surface area contributed by atoms with Gasteiger partial charge in [0, 0.05) is 37.9 Å². The van der Waals surface area contributed by atoms with Crippen molar-refractivity contribution >= 4 is 29.1 Å². The second-order valence-corrected chi connectivity index (χ2v) is 9.63. The number of amides is 3. The smallest absolute Gasteiger partial charge is 0.256 e. The molecule has 1 saturated heterocycles. The summed E-state index contributed by atoms with van der Waals surface area (Å²) < 4.78 is 5.23. The van der Waals surface area contributed by atoms with Crippen molar-refractivity contribution in [2.75, 3.05) is 38.0 Å². The van der Waals surface area contributed by atoms with E-state index in [0.29, 0.717) is 36.2 Å². The first kappa shape index (κ1) is 24.4. The molecule has 0 bridgehead atoms. The van der Waals surface area contributed by atoms with Gasteiger partial charge >= 0.3 is 0 Å². The highest BCUT2D eigenvalue weighted by Gasteiger charge is 2.40. The van der Waals surface area contributed by atoms with E-state index >= 15 is 0 Å². The van der Waals surface area contributed by atoms with Gasteiger partial charge in [0.2, 0.25) is 5.91 Å². The Labute approximate surface area is 216 Å². The fourth-order valence-electron chi connectivity index (χ4n) is 4.93. The summed E-state index contributed by atoms with van der Waals surface area (Å²) in [6, 6.07) is 19.6. The average molecular weight is 499 g/mol. The van der Waals surface area contributed by atoms with Gasteiger partial charge < -0.3 is 25.2 Å². The van der Waals surface area contributed by atoms with Gasteiger partial charge in [0.05, 0.1) is 18.4 Å². The van der Waals surface area contributed by atoms with E-state index in [9.17, 15) is 14.4 Å². The lowest BCUT2D eigenvalue weighted by Gasteiger charge is -2.37. The lowest BCUT2D eigenvalue weighted by atomic mass is 9.95. The van der Waals surface area contributed by atoms with Crippen molar-refractivity contribution in [2.24, 2.45) is 0 Å². The van der Waals surface area contributed by atoms with Gasteiger partial charge in [-0.05, 0) is 72.5 Å². The first-order valence-corrected chi connectivity index (χ1v) is 12.3. The van der Waals surface area contributed by atoms with Crippen molar-refractivity contribution in [3.05, 3.63) is 77.9 Å². The molecule has 190 valence electrons. The quantitative estimate of drug-likeness (QED) is 0.559. The van der Waals surface area contributed by atoms with E-state index in [4.69, 9.17) is 4.74 Å². The predicted molar refractivity (Wildman–Crippen MR) is 143 cm³/mol. The van der Waals surface area contributed by atoms with E-state index in [0.717, 1.165) is 22.6 Å². The van der Waals surface area contributed by atoms with Crippen LogP contribution in [-0.4, -0.2) is 62.5 Å². The molecule has 2 atom stereocenters. The molecule has 0 aromatic heterocycles. The molecular formula is C29H30N4O4. The second kappa shape index (κ2) is 9.97. The number of ether oxygens (including phenoxy) is 1. The van der Waals surface area contributed by atoms with E-state index in [1.54, 1.807) is 30.2 Å². The normalized spacial score (nSPS) is 18.7. The number of carbonyl (C=O) groups excluding carboxylic acids is 3. The highest BCUT2D eigenvalue weighted by Crippen LogP contribution is 2.32. The molecule has 8 nitrogen and oxygen atoms in total. The lowest BCUT2D eigenvalue weighted by Crippen LogP contribution is -2.55. The number of rotatable bonds is 5. The number of carbonyl (C=O) groups is 3. The van der Waals surface area contributed by atoms with Gasteiger partial charge in [0.25, 0.3) is 11.8 Å². The standard InChI is InChI=1S/C29H30N4O4/c1-32(2)22-9-4-19(5-10-22)27(34)30-21-14-15-33-26(17-21)28(35)31-25-13-8-20(16-24(25)29(33)36)18-6-11-23(37-3)12-7-18/h4-13,16,21,26H,14-15,17H2,1-3H3,(H,30,34)(H,31,35). The third kappa shape index (κ3) is 4.87. The predicted octanol–water partition coefficient (Wildman–Crippen LogP) is 3.78. The van der Waals surface area contributed by atoms with Crippen LogP contribution in [0.15, 0.2) is 66.7 Å². The van der Waals surface area contributed by atoms with Crippen LogP contribution in [0.25, 0.3) is 11.1 Å². The Morgan fingerprint density at radius 2 is 1.70 bits per heavy atom. The fraction of sp³-hybridized carbons (Fsp3) is 0.276. The van der Waals surface area contributed by atoms with Gasteiger partial charge in [0.15, 0.2) is 0 Å². The number of hydrogen-bond acceptors (Lipinski definition) is 5. The van der Waals surface area contributed by atoms with Gasteiger partial charge in [-0.25, -0.2) is 0 Å². The Morgan fingerprint density at radius 3 is 2.38 bits per heavy atom. The SMILES string of the molecule is COc1ccc(-c2ccc3c(c2)C(=O)N2CCC(NC(=O)c4ccc(N(C)C)cc4)CC2C(=O)N3)cc1. The van der Waals surface area contributed by atoms with Crippen LogP contribution in [0.4, 0.5) is 11.4 Å². The summed E-state index contributed by atoms with van der Waals surface area (Å²) in [6.07, 6.45) is 0.933. The number of benzene rings is 3. The Kier molecular flexibility index (Phi) is 6.56. The van der Waals surface area contributed by atoms with E-state index in [1.807, 2.05) is 67.5 Å². The van der Waals surface area contributed by atoms with E-state index in [2.05, 4.69) is 10.6 Å². The van der Waals surface area contributed by atoms with Gasteiger partial charge in [-0.15, -0.1) is 0 Å². The van der Waals surface area contributed by atoms with Crippen LogP contribution >= 0.6 is 0 Å². The molecule has 1 fully saturated rings. The lowest BCUT2D eigenvalue weighted by molar-refractivity contribution is -0.121. The monoisotopic (exact) mass is 498 g/mol. The Hall–Kier alpha value is -4.33. The summed E-state index contributed by atoms with van der Waals surface area (Å²) >= 11 is 0. The number of hydrogen-bond donors (Lipinski definition) is 2. The summed E-state index contributed by atoms with van der Waals surface area (Å²) in [4.78, 5) is 43.2. The number of nitrogens with zero attached hydrogens (tertiary/aromatic N) is 2. The van der Waals surface area contributed by atoms with Crippen LogP contribution in [0.5, 0.6) is 5.75 Å². The zero-order chi connectivity index (χ0) is 26.1. The van der Waals surface area contributed by atoms with Crippen LogP contribution in [0.3, 0.4) is 0 Å². The molecule has 0 spiro atoms. The molecule has 3 amide bonds. The molecule has 0 aliphatic carbocycles. The number of nitrogens with one attached hydrogen (secondary N) is 2. The minimum atomic E-state index is -0.653. The third-order valence-corrected chi connectivity index (χ3v) is 7.08. The molecule has 2 aliphatic heterocycles. The Balaban J connectivity index is 1.32. The maximum absolute atomic E-state index is 13.6. The van der Waals surface area contributed by atoms with E-state index in [-0.39, 0.29) is 23.8 Å². The van der Waals surface area contributed by atoms with Gasteiger partial charge in [-0.1, -0.05) is 18.2 Å². The summed E-state index contributed by atoms with van der Waals surface area (Å²) in [5.41, 5.74) is 4.37. The molecule has 8 heteroatoms. The molecular weight excluding hydrogens is 468 g/mol. The summed E-state index contributed by atoms with van der Waals surface area (Å²) in [5, 5.41) is 5.99. The molecule has 0 radical (unpaired) electrons. The summed E-state index contributed by atoms with van der Waals surface area (Å²) in [7, 11) is 5.51. The summed E-state index contributed by atoms with van der Waals surface area (Å²) in [6.45, 7) is 0.383. The Morgan fingerprint density at radius 1 is 1.00 bits per heavy atom. The van der Waals surface area contributed by atoms with Crippen molar-refractivity contribution in [2.45, 2.75) is 24.9 Å². The van der Waals surface area contributed by atoms with Gasteiger partial charge in [-0.2, -0.15) is 0 Å². The molecule has 3 aromatic rings. The van der Waals surface area contributed by atoms with Crippen molar-refractivity contribution < 1.29 is 19.1 Å². The third-order valence-electron chi connectivity index (χ3n) is 7.08. The average Bonchev–Trinajstić information content (AvgIpc) is 3.02. The molecule has 5 rings (SSSR count). The molecule has 0 saturated carbocycles. The second-order valence-electron chi connectivity index (χ2n) is 9.63. The maximum atomic E-state index is 13.6. The molecule has 2 N–H and O–H groups in total. The minimum Gasteiger partial charge on any atom is -0.497 e. The van der Waals surface area contributed by atoms with Crippen LogP contribution in [0.1, 0.15) is 33.6 Å². The number of methoxy groups -OCH3 is 1. The molecule has 2 aliphatic rings. The topological polar surface area (TPSA) is 91.0 Å². The number of fused-ring (bicyclic) bond motifs is 2. The van der Waals surface area contributed by atoms with Crippen molar-refractivity contribution in [3.63, 3.8) is 0 Å². The van der Waals surface area contributed by atoms with Gasteiger partial charge in [0.1, 0.15) is 11.8 Å². The zero-order valence-corrected chi connectivity index (χ0v) is 21.2. The largest absolute Gasteiger partial charge is 0.497 e. The highest BCUT2D eigenvalue weighted by atomic mass is 16.5. The van der Waals surface area contributed by atoms with E-state index in [1.165, 1.54) is 0 Å². The van der Waals surface area contributed by atoms with Crippen molar-refractivity contribution in [3.8, 4) is 16.9 Å². The fourth-order valence-corrected chi connectivity index (χ4v) is 4.93. The van der Waals surface area contributed by atoms with Crippen LogP contribution in [0.2, 0.25) is 0 Å². The molecule has 2 heterocycles. The maximum Gasteiger partial charge on any atom is 0.256 e. The van der Waals surface area contributed by atoms with Crippen LogP contribution < -0.4 is 20.3 Å². The Bertz CT molecular complexity index is 1340. The van der Waals surface area contributed by atoms with Gasteiger partial charge in [-0.3, -0.25) is 14.4 Å². The summed E-state index contributed by atoms with van der Waals surface area (Å²) in [5.74, 6) is 0.151. The first-order valence-electron chi connectivity index (χ1n) is 12.3. The van der Waals surface area contributed by atoms with Crippen molar-refractivity contribution in [1.82, 2.24) is 10.2 Å². The van der Waals surface area contributed by atoms with Crippen molar-refractivity contribution in [1.29, 1.82) is 0 Å². The van der Waals surface area contributed by atoms with Crippen LogP contribution in [0, 0.1) is 0 Å².